The Morgan fingerprint density at radius 2 is 1.10 bits per heavy atom. The maximum absolute atomic E-state index is 5.25. The SMILES string of the molecule is COc1ccc(/C=C\c2cc(OC)cc(OC)c2)cc1. The molecule has 0 amide bonds. The molecule has 2 aromatic carbocycles. The lowest BCUT2D eigenvalue weighted by atomic mass is 10.1. The third-order valence-corrected chi connectivity index (χ3v) is 2.96. The van der Waals surface area contributed by atoms with E-state index in [-0.39, 0.29) is 0 Å². The van der Waals surface area contributed by atoms with Crippen molar-refractivity contribution < 1.29 is 14.2 Å². The van der Waals surface area contributed by atoms with Crippen LogP contribution in [0.5, 0.6) is 17.2 Å². The van der Waals surface area contributed by atoms with Crippen LogP contribution in [-0.2, 0) is 0 Å². The zero-order valence-electron chi connectivity index (χ0n) is 11.9. The topological polar surface area (TPSA) is 27.7 Å². The zero-order valence-corrected chi connectivity index (χ0v) is 11.9. The molecule has 0 atom stereocenters. The first-order valence-electron chi connectivity index (χ1n) is 6.30. The third-order valence-electron chi connectivity index (χ3n) is 2.96. The molecule has 0 heterocycles. The van der Waals surface area contributed by atoms with Gasteiger partial charge >= 0.3 is 0 Å². The molecule has 0 aliphatic carbocycles. The lowest BCUT2D eigenvalue weighted by molar-refractivity contribution is 0.394. The van der Waals surface area contributed by atoms with Crippen LogP contribution < -0.4 is 14.2 Å². The highest BCUT2D eigenvalue weighted by Gasteiger charge is 1.99. The number of hydrogen-bond donors (Lipinski definition) is 0. The summed E-state index contributed by atoms with van der Waals surface area (Å²) in [5, 5.41) is 0. The average molecular weight is 270 g/mol. The average Bonchev–Trinajstić information content (AvgIpc) is 2.53. The van der Waals surface area contributed by atoms with Crippen LogP contribution in [0.15, 0.2) is 42.5 Å². The molecule has 3 heteroatoms. The zero-order chi connectivity index (χ0) is 14.4. The normalized spacial score (nSPS) is 10.6. The summed E-state index contributed by atoms with van der Waals surface area (Å²) in [6.07, 6.45) is 4.06. The van der Waals surface area contributed by atoms with Gasteiger partial charge in [0.2, 0.25) is 0 Å². The second kappa shape index (κ2) is 6.66. The van der Waals surface area contributed by atoms with Gasteiger partial charge in [-0.05, 0) is 35.4 Å². The van der Waals surface area contributed by atoms with Crippen LogP contribution in [0.2, 0.25) is 0 Å². The van der Waals surface area contributed by atoms with E-state index >= 15 is 0 Å². The Morgan fingerprint density at radius 1 is 0.600 bits per heavy atom. The van der Waals surface area contributed by atoms with Gasteiger partial charge < -0.3 is 14.2 Å². The Morgan fingerprint density at radius 3 is 1.60 bits per heavy atom. The van der Waals surface area contributed by atoms with Crippen LogP contribution in [0.25, 0.3) is 12.2 Å². The molecule has 0 saturated heterocycles. The van der Waals surface area contributed by atoms with Gasteiger partial charge in [-0.15, -0.1) is 0 Å². The predicted molar refractivity (Wildman–Crippen MR) is 81.5 cm³/mol. The van der Waals surface area contributed by atoms with E-state index in [0.717, 1.165) is 28.4 Å². The Bertz CT molecular complexity index is 563. The molecule has 3 nitrogen and oxygen atoms in total. The molecule has 0 unspecified atom stereocenters. The first-order valence-corrected chi connectivity index (χ1v) is 6.30. The van der Waals surface area contributed by atoms with Crippen molar-refractivity contribution in [2.75, 3.05) is 21.3 Å². The van der Waals surface area contributed by atoms with Crippen molar-refractivity contribution in [3.63, 3.8) is 0 Å². The fraction of sp³-hybridized carbons (Fsp3) is 0.176. The van der Waals surface area contributed by atoms with E-state index in [2.05, 4.69) is 0 Å². The van der Waals surface area contributed by atoms with Gasteiger partial charge in [0.25, 0.3) is 0 Å². The summed E-state index contributed by atoms with van der Waals surface area (Å²) in [6, 6.07) is 13.7. The molecule has 0 aliphatic rings. The highest BCUT2D eigenvalue weighted by Crippen LogP contribution is 2.24. The fourth-order valence-electron chi connectivity index (χ4n) is 1.83. The first-order chi connectivity index (χ1) is 9.75. The molecule has 0 fully saturated rings. The molecular formula is C17H18O3. The number of ether oxygens (including phenoxy) is 3. The number of methoxy groups -OCH3 is 3. The molecule has 0 bridgehead atoms. The van der Waals surface area contributed by atoms with Crippen LogP contribution in [0.4, 0.5) is 0 Å². The van der Waals surface area contributed by atoms with Crippen molar-refractivity contribution >= 4 is 12.2 Å². The minimum atomic E-state index is 0.777. The summed E-state index contributed by atoms with van der Waals surface area (Å²) in [5.41, 5.74) is 2.13. The van der Waals surface area contributed by atoms with E-state index in [1.54, 1.807) is 21.3 Å². The number of rotatable bonds is 5. The Hall–Kier alpha value is -2.42. The highest BCUT2D eigenvalue weighted by atomic mass is 16.5. The van der Waals surface area contributed by atoms with Gasteiger partial charge in [-0.2, -0.15) is 0 Å². The molecular weight excluding hydrogens is 252 g/mol. The lowest BCUT2D eigenvalue weighted by Gasteiger charge is -2.05. The molecule has 104 valence electrons. The van der Waals surface area contributed by atoms with E-state index in [4.69, 9.17) is 14.2 Å². The van der Waals surface area contributed by atoms with Crippen molar-refractivity contribution in [3.8, 4) is 17.2 Å². The Kier molecular flexibility index (Phi) is 4.66. The van der Waals surface area contributed by atoms with E-state index in [1.807, 2.05) is 54.6 Å². The Labute approximate surface area is 119 Å². The van der Waals surface area contributed by atoms with Crippen molar-refractivity contribution in [2.45, 2.75) is 0 Å². The summed E-state index contributed by atoms with van der Waals surface area (Å²) in [7, 11) is 4.95. The smallest absolute Gasteiger partial charge is 0.123 e. The molecule has 0 saturated carbocycles. The van der Waals surface area contributed by atoms with Crippen molar-refractivity contribution in [3.05, 3.63) is 53.6 Å². The van der Waals surface area contributed by atoms with Crippen LogP contribution in [0.3, 0.4) is 0 Å². The van der Waals surface area contributed by atoms with Gasteiger partial charge in [-0.25, -0.2) is 0 Å². The standard InChI is InChI=1S/C17H18O3/c1-18-15-8-6-13(7-9-15)4-5-14-10-16(19-2)12-17(11-14)20-3/h4-12H,1-3H3/b5-4-. The summed E-state index contributed by atoms with van der Waals surface area (Å²) in [4.78, 5) is 0. The van der Waals surface area contributed by atoms with Crippen molar-refractivity contribution in [2.24, 2.45) is 0 Å². The van der Waals surface area contributed by atoms with Gasteiger partial charge in [0.05, 0.1) is 21.3 Å². The molecule has 0 N–H and O–H groups in total. The predicted octanol–water partition coefficient (Wildman–Crippen LogP) is 3.88. The van der Waals surface area contributed by atoms with Crippen molar-refractivity contribution in [1.82, 2.24) is 0 Å². The molecule has 0 radical (unpaired) electrons. The molecule has 20 heavy (non-hydrogen) atoms. The maximum Gasteiger partial charge on any atom is 0.123 e. The quantitative estimate of drug-likeness (QED) is 0.772. The van der Waals surface area contributed by atoms with Crippen LogP contribution in [-0.4, -0.2) is 21.3 Å². The highest BCUT2D eigenvalue weighted by molar-refractivity contribution is 5.71. The van der Waals surface area contributed by atoms with E-state index in [0.29, 0.717) is 0 Å². The molecule has 0 aromatic heterocycles. The van der Waals surface area contributed by atoms with E-state index < -0.39 is 0 Å². The monoisotopic (exact) mass is 270 g/mol. The largest absolute Gasteiger partial charge is 0.497 e. The minimum absolute atomic E-state index is 0.777. The first kappa shape index (κ1) is 14.0. The van der Waals surface area contributed by atoms with Crippen molar-refractivity contribution in [1.29, 1.82) is 0 Å². The van der Waals surface area contributed by atoms with Crippen LogP contribution >= 0.6 is 0 Å². The van der Waals surface area contributed by atoms with E-state index in [9.17, 15) is 0 Å². The second-order valence-corrected chi connectivity index (χ2v) is 4.25. The summed E-state index contributed by atoms with van der Waals surface area (Å²) >= 11 is 0. The van der Waals surface area contributed by atoms with Gasteiger partial charge in [0.15, 0.2) is 0 Å². The maximum atomic E-state index is 5.25. The molecule has 0 spiro atoms. The summed E-state index contributed by atoms with van der Waals surface area (Å²) in [6.45, 7) is 0. The van der Waals surface area contributed by atoms with Gasteiger partial charge in [0, 0.05) is 6.07 Å². The molecule has 2 aromatic rings. The number of benzene rings is 2. The number of hydrogen-bond acceptors (Lipinski definition) is 3. The van der Waals surface area contributed by atoms with Gasteiger partial charge in [-0.3, -0.25) is 0 Å². The van der Waals surface area contributed by atoms with Gasteiger partial charge in [0.1, 0.15) is 17.2 Å². The van der Waals surface area contributed by atoms with Crippen LogP contribution in [0.1, 0.15) is 11.1 Å². The molecule has 2 rings (SSSR count). The second-order valence-electron chi connectivity index (χ2n) is 4.25. The summed E-state index contributed by atoms with van der Waals surface area (Å²) in [5.74, 6) is 2.41. The summed E-state index contributed by atoms with van der Waals surface area (Å²) < 4.78 is 15.6. The third kappa shape index (κ3) is 3.54. The fourth-order valence-corrected chi connectivity index (χ4v) is 1.83. The van der Waals surface area contributed by atoms with E-state index in [1.165, 1.54) is 0 Å². The minimum Gasteiger partial charge on any atom is -0.497 e. The molecule has 0 aliphatic heterocycles. The lowest BCUT2D eigenvalue weighted by Crippen LogP contribution is -1.88. The Balaban J connectivity index is 2.21. The van der Waals surface area contributed by atoms with Crippen LogP contribution in [0, 0.1) is 0 Å². The van der Waals surface area contributed by atoms with Gasteiger partial charge in [-0.1, -0.05) is 24.3 Å².